The van der Waals surface area contributed by atoms with Crippen LogP contribution in [0.5, 0.6) is 0 Å². The highest BCUT2D eigenvalue weighted by molar-refractivity contribution is 5.76. The minimum absolute atomic E-state index is 0.476. The number of aromatic nitrogens is 2. The van der Waals surface area contributed by atoms with Crippen molar-refractivity contribution in [3.05, 3.63) is 30.1 Å². The Balaban J connectivity index is 2.52. The molecule has 1 aromatic carbocycles. The number of hydrogen-bond donors (Lipinski definition) is 1. The zero-order valence-corrected chi connectivity index (χ0v) is 13.9. The Kier molecular flexibility index (Phi) is 5.80. The first-order valence-corrected chi connectivity index (χ1v) is 8.39. The van der Waals surface area contributed by atoms with Crippen LogP contribution >= 0.6 is 0 Å². The number of likely N-dealkylation sites (N-methyl/N-ethyl adjacent to an activating group) is 1. The van der Waals surface area contributed by atoms with Gasteiger partial charge in [0.2, 0.25) is 0 Å². The van der Waals surface area contributed by atoms with E-state index in [-0.39, 0.29) is 0 Å². The molecule has 0 saturated heterocycles. The maximum absolute atomic E-state index is 4.88. The Bertz CT molecular complexity index is 559. The van der Waals surface area contributed by atoms with Gasteiger partial charge in [-0.15, -0.1) is 0 Å². The van der Waals surface area contributed by atoms with E-state index in [4.69, 9.17) is 4.98 Å². The van der Waals surface area contributed by atoms with Gasteiger partial charge < -0.3 is 9.88 Å². The molecule has 1 heterocycles. The lowest BCUT2D eigenvalue weighted by molar-refractivity contribution is 0.335. The summed E-state index contributed by atoms with van der Waals surface area (Å²) in [4.78, 5) is 4.88. The van der Waals surface area contributed by atoms with Gasteiger partial charge in [0.15, 0.2) is 0 Å². The normalized spacial score (nSPS) is 14.5. The summed E-state index contributed by atoms with van der Waals surface area (Å²) in [5, 5.41) is 3.53. The van der Waals surface area contributed by atoms with Gasteiger partial charge in [0.1, 0.15) is 5.82 Å². The van der Waals surface area contributed by atoms with E-state index in [0.717, 1.165) is 24.8 Å². The van der Waals surface area contributed by atoms with Gasteiger partial charge in [-0.1, -0.05) is 39.3 Å². The van der Waals surface area contributed by atoms with Crippen molar-refractivity contribution in [2.75, 3.05) is 7.05 Å². The number of fused-ring (bicyclic) bond motifs is 1. The molecule has 0 radical (unpaired) electrons. The zero-order chi connectivity index (χ0) is 15.2. The maximum atomic E-state index is 4.88. The van der Waals surface area contributed by atoms with Crippen LogP contribution in [-0.4, -0.2) is 22.6 Å². The van der Waals surface area contributed by atoms with E-state index in [2.05, 4.69) is 62.0 Å². The van der Waals surface area contributed by atoms with Crippen molar-refractivity contribution in [3.8, 4) is 0 Å². The molecule has 3 nitrogen and oxygen atoms in total. The van der Waals surface area contributed by atoms with E-state index in [9.17, 15) is 0 Å². The van der Waals surface area contributed by atoms with E-state index in [1.807, 2.05) is 0 Å². The van der Waals surface area contributed by atoms with Crippen LogP contribution in [0.4, 0.5) is 0 Å². The predicted octanol–water partition coefficient (Wildman–Crippen LogP) is 4.33. The molecule has 0 bridgehead atoms. The molecule has 1 N–H and O–H groups in total. The van der Waals surface area contributed by atoms with Crippen LogP contribution in [0, 0.1) is 0 Å². The average molecular weight is 287 g/mol. The minimum Gasteiger partial charge on any atom is -0.323 e. The zero-order valence-electron chi connectivity index (χ0n) is 13.9. The summed E-state index contributed by atoms with van der Waals surface area (Å²) < 4.78 is 2.50. The summed E-state index contributed by atoms with van der Waals surface area (Å²) in [6, 6.07) is 9.53. The molecule has 2 unspecified atom stereocenters. The summed E-state index contributed by atoms with van der Waals surface area (Å²) in [6.45, 7) is 6.78. The lowest BCUT2D eigenvalue weighted by Gasteiger charge is -2.29. The highest BCUT2D eigenvalue weighted by Crippen LogP contribution is 2.28. The topological polar surface area (TPSA) is 29.9 Å². The molecule has 21 heavy (non-hydrogen) atoms. The van der Waals surface area contributed by atoms with Crippen LogP contribution in [0.25, 0.3) is 11.0 Å². The molecule has 0 saturated carbocycles. The van der Waals surface area contributed by atoms with Gasteiger partial charge in [0.25, 0.3) is 0 Å². The van der Waals surface area contributed by atoms with Gasteiger partial charge >= 0.3 is 0 Å². The van der Waals surface area contributed by atoms with Gasteiger partial charge in [-0.2, -0.15) is 0 Å². The van der Waals surface area contributed by atoms with Gasteiger partial charge in [0, 0.05) is 12.5 Å². The Labute approximate surface area is 128 Å². The fourth-order valence-corrected chi connectivity index (χ4v) is 3.35. The minimum atomic E-state index is 0.476. The first kappa shape index (κ1) is 16.0. The smallest absolute Gasteiger partial charge is 0.110 e. The molecule has 2 atom stereocenters. The second-order valence-electron chi connectivity index (χ2n) is 5.80. The van der Waals surface area contributed by atoms with Crippen LogP contribution in [-0.2, 0) is 6.42 Å². The second kappa shape index (κ2) is 7.60. The number of para-hydroxylation sites is 2. The van der Waals surface area contributed by atoms with Gasteiger partial charge in [-0.3, -0.25) is 0 Å². The third kappa shape index (κ3) is 3.29. The van der Waals surface area contributed by atoms with Crippen molar-refractivity contribution >= 4 is 11.0 Å². The lowest BCUT2D eigenvalue weighted by atomic mass is 10.00. The van der Waals surface area contributed by atoms with Crippen molar-refractivity contribution in [3.63, 3.8) is 0 Å². The standard InChI is InChI=1S/C18H29N3/c1-5-10-14(19-4)16(7-3)21-17-13-9-8-12-15(17)20-18(21)11-6-2/h8-9,12-14,16,19H,5-7,10-11H2,1-4H3. The molecule has 116 valence electrons. The number of benzene rings is 1. The van der Waals surface area contributed by atoms with Gasteiger partial charge in [-0.25, -0.2) is 4.98 Å². The Hall–Kier alpha value is -1.35. The summed E-state index contributed by atoms with van der Waals surface area (Å²) in [7, 11) is 2.08. The van der Waals surface area contributed by atoms with Gasteiger partial charge in [0.05, 0.1) is 17.1 Å². The van der Waals surface area contributed by atoms with Crippen molar-refractivity contribution in [1.82, 2.24) is 14.9 Å². The van der Waals surface area contributed by atoms with E-state index < -0.39 is 0 Å². The molecule has 0 amide bonds. The fraction of sp³-hybridized carbons (Fsp3) is 0.611. The SMILES string of the molecule is CCCc1nc2ccccc2n1C(CC)C(CCC)NC. The van der Waals surface area contributed by atoms with Crippen LogP contribution in [0.3, 0.4) is 0 Å². The van der Waals surface area contributed by atoms with Crippen LogP contribution < -0.4 is 5.32 Å². The van der Waals surface area contributed by atoms with Crippen LogP contribution in [0.15, 0.2) is 24.3 Å². The van der Waals surface area contributed by atoms with Crippen molar-refractivity contribution in [2.45, 2.75) is 65.0 Å². The third-order valence-electron chi connectivity index (χ3n) is 4.33. The van der Waals surface area contributed by atoms with E-state index in [1.54, 1.807) is 0 Å². The van der Waals surface area contributed by atoms with E-state index >= 15 is 0 Å². The second-order valence-corrected chi connectivity index (χ2v) is 5.80. The number of nitrogens with one attached hydrogen (secondary N) is 1. The van der Waals surface area contributed by atoms with Crippen LogP contribution in [0.1, 0.15) is 58.3 Å². The number of aryl methyl sites for hydroxylation is 1. The molecule has 3 heteroatoms. The maximum Gasteiger partial charge on any atom is 0.110 e. The highest BCUT2D eigenvalue weighted by atomic mass is 15.1. The summed E-state index contributed by atoms with van der Waals surface area (Å²) in [5.74, 6) is 1.24. The molecule has 0 fully saturated rings. The number of nitrogens with zero attached hydrogens (tertiary/aromatic N) is 2. The number of imidazole rings is 1. The number of rotatable bonds is 8. The molecule has 2 aromatic rings. The Morgan fingerprint density at radius 2 is 1.90 bits per heavy atom. The Morgan fingerprint density at radius 3 is 2.52 bits per heavy atom. The molecule has 1 aromatic heterocycles. The molecule has 0 aliphatic carbocycles. The molecule has 2 rings (SSSR count). The fourth-order valence-electron chi connectivity index (χ4n) is 3.35. The number of hydrogen-bond acceptors (Lipinski definition) is 2. The molecule has 0 aliphatic rings. The van der Waals surface area contributed by atoms with Crippen molar-refractivity contribution < 1.29 is 0 Å². The molecular formula is C18H29N3. The predicted molar refractivity (Wildman–Crippen MR) is 90.8 cm³/mol. The van der Waals surface area contributed by atoms with Gasteiger partial charge in [-0.05, 0) is 38.4 Å². The summed E-state index contributed by atoms with van der Waals surface area (Å²) in [6.07, 6.45) is 5.72. The monoisotopic (exact) mass is 287 g/mol. The average Bonchev–Trinajstić information content (AvgIpc) is 2.86. The first-order valence-electron chi connectivity index (χ1n) is 8.39. The van der Waals surface area contributed by atoms with E-state index in [0.29, 0.717) is 12.1 Å². The lowest BCUT2D eigenvalue weighted by Crippen LogP contribution is -2.35. The third-order valence-corrected chi connectivity index (χ3v) is 4.33. The van der Waals surface area contributed by atoms with Crippen molar-refractivity contribution in [2.24, 2.45) is 0 Å². The summed E-state index contributed by atoms with van der Waals surface area (Å²) >= 11 is 0. The Morgan fingerprint density at radius 1 is 1.14 bits per heavy atom. The first-order chi connectivity index (χ1) is 10.3. The molecular weight excluding hydrogens is 258 g/mol. The molecule has 0 aliphatic heterocycles. The van der Waals surface area contributed by atoms with Crippen molar-refractivity contribution in [1.29, 1.82) is 0 Å². The summed E-state index contributed by atoms with van der Waals surface area (Å²) in [5.41, 5.74) is 2.41. The van der Waals surface area contributed by atoms with Crippen LogP contribution in [0.2, 0.25) is 0 Å². The largest absolute Gasteiger partial charge is 0.323 e. The van der Waals surface area contributed by atoms with E-state index in [1.165, 1.54) is 24.2 Å². The highest BCUT2D eigenvalue weighted by Gasteiger charge is 2.23. The molecule has 0 spiro atoms. The quantitative estimate of drug-likeness (QED) is 0.783.